The molecule has 0 spiro atoms. The third-order valence-corrected chi connectivity index (χ3v) is 5.51. The fraction of sp³-hybridized carbons (Fsp3) is 0.174. The normalized spacial score (nSPS) is 15.5. The molecule has 0 bridgehead atoms. The van der Waals surface area contributed by atoms with Gasteiger partial charge >= 0.3 is 0 Å². The van der Waals surface area contributed by atoms with Crippen molar-refractivity contribution in [2.45, 2.75) is 12.8 Å². The van der Waals surface area contributed by atoms with Crippen molar-refractivity contribution in [1.29, 1.82) is 0 Å². The molecule has 1 aliphatic rings. The molecular weight excluding hydrogens is 348 g/mol. The number of benzene rings is 2. The fourth-order valence-electron chi connectivity index (χ4n) is 3.98. The number of rotatable bonds is 3. The maximum absolute atomic E-state index is 12.7. The predicted octanol–water partition coefficient (Wildman–Crippen LogP) is 3.99. The van der Waals surface area contributed by atoms with Gasteiger partial charge in [-0.2, -0.15) is 0 Å². The Morgan fingerprint density at radius 3 is 2.61 bits per heavy atom. The number of fused-ring (bicyclic) bond motifs is 2. The van der Waals surface area contributed by atoms with Gasteiger partial charge in [0.2, 0.25) is 5.91 Å². The number of aryl methyl sites for hydroxylation is 1. The van der Waals surface area contributed by atoms with E-state index in [0.29, 0.717) is 0 Å². The first kappa shape index (κ1) is 16.7. The van der Waals surface area contributed by atoms with Crippen molar-refractivity contribution in [3.8, 4) is 11.4 Å². The van der Waals surface area contributed by atoms with Crippen molar-refractivity contribution in [3.05, 3.63) is 78.1 Å². The van der Waals surface area contributed by atoms with Crippen LogP contribution in [0.4, 0.5) is 5.69 Å². The zero-order chi connectivity index (χ0) is 19.1. The molecule has 0 saturated carbocycles. The highest BCUT2D eigenvalue weighted by Gasteiger charge is 2.27. The summed E-state index contributed by atoms with van der Waals surface area (Å²) < 4.78 is 2.09. The van der Waals surface area contributed by atoms with Gasteiger partial charge in [-0.15, -0.1) is 0 Å². The average Bonchev–Trinajstić information content (AvgIpc) is 3.30. The third-order valence-electron chi connectivity index (χ3n) is 5.51. The number of carbonyl (C=O) groups excluding carboxylic acids is 1. The van der Waals surface area contributed by atoms with Crippen LogP contribution in [0.25, 0.3) is 22.4 Å². The maximum Gasteiger partial charge on any atom is 0.228 e. The first-order valence-electron chi connectivity index (χ1n) is 9.43. The number of amides is 1. The lowest BCUT2D eigenvalue weighted by Crippen LogP contribution is -2.23. The highest BCUT2D eigenvalue weighted by molar-refractivity contribution is 5.93. The van der Waals surface area contributed by atoms with Gasteiger partial charge in [-0.1, -0.05) is 12.1 Å². The summed E-state index contributed by atoms with van der Waals surface area (Å²) in [6.07, 6.45) is 5.20. The molecule has 138 valence electrons. The number of para-hydroxylation sites is 2. The Kier molecular flexibility index (Phi) is 3.93. The Morgan fingerprint density at radius 2 is 1.82 bits per heavy atom. The number of aromatic nitrogens is 3. The van der Waals surface area contributed by atoms with E-state index >= 15 is 0 Å². The van der Waals surface area contributed by atoms with Crippen LogP contribution in [0.2, 0.25) is 0 Å². The van der Waals surface area contributed by atoms with Crippen LogP contribution in [0.1, 0.15) is 11.1 Å². The van der Waals surface area contributed by atoms with E-state index in [1.165, 1.54) is 11.1 Å². The van der Waals surface area contributed by atoms with Gasteiger partial charge in [0.15, 0.2) is 0 Å². The molecule has 1 amide bonds. The molecule has 2 aromatic heterocycles. The Morgan fingerprint density at radius 1 is 1.04 bits per heavy atom. The summed E-state index contributed by atoms with van der Waals surface area (Å²) >= 11 is 0. The highest BCUT2D eigenvalue weighted by atomic mass is 16.1. The summed E-state index contributed by atoms with van der Waals surface area (Å²) in [5, 5.41) is 3.05. The lowest BCUT2D eigenvalue weighted by Gasteiger charge is -2.11. The van der Waals surface area contributed by atoms with Gasteiger partial charge in [0.25, 0.3) is 0 Å². The van der Waals surface area contributed by atoms with E-state index in [2.05, 4.69) is 20.9 Å². The smallest absolute Gasteiger partial charge is 0.228 e. The van der Waals surface area contributed by atoms with Gasteiger partial charge in [-0.3, -0.25) is 9.78 Å². The minimum absolute atomic E-state index is 0.0290. The molecule has 5 heteroatoms. The standard InChI is InChI=1S/C23H20N4O/c1-27-21-5-3-2-4-20(21)26-22(27)15-6-8-19(9-7-15)25-23(28)17-12-16-10-11-24-14-18(16)13-17/h2-11,14,17H,12-13H2,1H3,(H,25,28). The molecule has 0 fully saturated rings. The first-order valence-corrected chi connectivity index (χ1v) is 9.43. The van der Waals surface area contributed by atoms with Gasteiger partial charge in [0.1, 0.15) is 5.82 Å². The first-order chi connectivity index (χ1) is 13.7. The predicted molar refractivity (Wildman–Crippen MR) is 110 cm³/mol. The number of hydrogen-bond donors (Lipinski definition) is 1. The third kappa shape index (κ3) is 2.85. The summed E-state index contributed by atoms with van der Waals surface area (Å²) in [6.45, 7) is 0. The lowest BCUT2D eigenvalue weighted by atomic mass is 10.1. The summed E-state index contributed by atoms with van der Waals surface area (Å²) in [5.74, 6) is 0.947. The number of imidazole rings is 1. The molecule has 28 heavy (non-hydrogen) atoms. The molecule has 5 nitrogen and oxygen atoms in total. The van der Waals surface area contributed by atoms with Crippen LogP contribution >= 0.6 is 0 Å². The molecule has 4 aromatic rings. The Labute approximate surface area is 163 Å². The maximum atomic E-state index is 12.7. The molecule has 0 aliphatic heterocycles. The van der Waals surface area contributed by atoms with Gasteiger partial charge in [-0.05, 0) is 66.4 Å². The molecule has 2 aromatic carbocycles. The van der Waals surface area contributed by atoms with Crippen LogP contribution in [0.15, 0.2) is 67.0 Å². The largest absolute Gasteiger partial charge is 0.327 e. The van der Waals surface area contributed by atoms with E-state index in [1.54, 1.807) is 6.20 Å². The summed E-state index contributed by atoms with van der Waals surface area (Å²) in [4.78, 5) is 21.5. The van der Waals surface area contributed by atoms with E-state index in [1.807, 2.05) is 61.8 Å². The van der Waals surface area contributed by atoms with Gasteiger partial charge < -0.3 is 9.88 Å². The van der Waals surface area contributed by atoms with Crippen LogP contribution in [0.5, 0.6) is 0 Å². The fourth-order valence-corrected chi connectivity index (χ4v) is 3.98. The van der Waals surface area contributed by atoms with E-state index in [9.17, 15) is 4.79 Å². The number of carbonyl (C=O) groups is 1. The molecule has 2 heterocycles. The van der Waals surface area contributed by atoms with Gasteiger partial charge in [0, 0.05) is 36.6 Å². The minimum Gasteiger partial charge on any atom is -0.327 e. The summed E-state index contributed by atoms with van der Waals surface area (Å²) in [6, 6.07) is 18.0. The van der Waals surface area contributed by atoms with Gasteiger partial charge in [0.05, 0.1) is 11.0 Å². The number of hydrogen-bond acceptors (Lipinski definition) is 3. The Bertz CT molecular complexity index is 1150. The van der Waals surface area contributed by atoms with E-state index < -0.39 is 0 Å². The van der Waals surface area contributed by atoms with Crippen molar-refractivity contribution < 1.29 is 4.79 Å². The molecule has 0 saturated heterocycles. The molecule has 0 radical (unpaired) electrons. The lowest BCUT2D eigenvalue weighted by molar-refractivity contribution is -0.119. The Balaban J connectivity index is 1.33. The number of nitrogens with zero attached hydrogens (tertiary/aromatic N) is 3. The van der Waals surface area contributed by atoms with E-state index in [-0.39, 0.29) is 11.8 Å². The van der Waals surface area contributed by atoms with Crippen LogP contribution < -0.4 is 5.32 Å². The Hall–Kier alpha value is -3.47. The molecule has 1 aliphatic carbocycles. The van der Waals surface area contributed by atoms with Crippen molar-refractivity contribution in [2.24, 2.45) is 13.0 Å². The van der Waals surface area contributed by atoms with Crippen molar-refractivity contribution in [1.82, 2.24) is 14.5 Å². The summed E-state index contributed by atoms with van der Waals surface area (Å²) in [5.41, 5.74) is 6.32. The minimum atomic E-state index is -0.0290. The second-order valence-electron chi connectivity index (χ2n) is 7.30. The van der Waals surface area contributed by atoms with E-state index in [0.717, 1.165) is 41.0 Å². The molecule has 5 rings (SSSR count). The monoisotopic (exact) mass is 368 g/mol. The van der Waals surface area contributed by atoms with Gasteiger partial charge in [-0.25, -0.2) is 4.98 Å². The number of nitrogens with one attached hydrogen (secondary N) is 1. The molecule has 1 N–H and O–H groups in total. The molecule has 1 unspecified atom stereocenters. The average molecular weight is 368 g/mol. The van der Waals surface area contributed by atoms with Crippen molar-refractivity contribution in [3.63, 3.8) is 0 Å². The van der Waals surface area contributed by atoms with Crippen molar-refractivity contribution in [2.75, 3.05) is 5.32 Å². The zero-order valence-electron chi connectivity index (χ0n) is 15.6. The zero-order valence-corrected chi connectivity index (χ0v) is 15.6. The SMILES string of the molecule is Cn1c(-c2ccc(NC(=O)C3Cc4ccncc4C3)cc2)nc2ccccc21. The van der Waals surface area contributed by atoms with Crippen LogP contribution in [-0.2, 0) is 24.7 Å². The summed E-state index contributed by atoms with van der Waals surface area (Å²) in [7, 11) is 2.02. The van der Waals surface area contributed by atoms with Crippen molar-refractivity contribution >= 4 is 22.6 Å². The number of anilines is 1. The molecule has 1 atom stereocenters. The second-order valence-corrected chi connectivity index (χ2v) is 7.30. The molecular formula is C23H20N4O. The van der Waals surface area contributed by atoms with Crippen LogP contribution in [0.3, 0.4) is 0 Å². The number of pyridine rings is 1. The van der Waals surface area contributed by atoms with Crippen LogP contribution in [-0.4, -0.2) is 20.4 Å². The van der Waals surface area contributed by atoms with Crippen LogP contribution in [0, 0.1) is 5.92 Å². The van der Waals surface area contributed by atoms with E-state index in [4.69, 9.17) is 4.98 Å². The quantitative estimate of drug-likeness (QED) is 0.595. The highest BCUT2D eigenvalue weighted by Crippen LogP contribution is 2.28. The topological polar surface area (TPSA) is 59.8 Å². The second kappa shape index (κ2) is 6.60.